The predicted molar refractivity (Wildman–Crippen MR) is 62.8 cm³/mol. The molecule has 0 aliphatic rings. The fourth-order valence-electron chi connectivity index (χ4n) is 1.87. The number of aryl methyl sites for hydroxylation is 1. The maximum absolute atomic E-state index is 12.6. The van der Waals surface area contributed by atoms with E-state index in [1.54, 1.807) is 0 Å². The molecule has 0 atom stereocenters. The Morgan fingerprint density at radius 1 is 1.30 bits per heavy atom. The Labute approximate surface area is 111 Å². The van der Waals surface area contributed by atoms with Gasteiger partial charge < -0.3 is 5.11 Å². The number of rotatable bonds is 2. The number of nitrogens with zero attached hydrogens (tertiary/aromatic N) is 3. The molecule has 1 N–H and O–H groups in total. The minimum absolute atomic E-state index is 0.0378. The molecule has 0 aromatic carbocycles. The number of aromatic carboxylic acids is 1. The summed E-state index contributed by atoms with van der Waals surface area (Å²) in [5.41, 5.74) is -0.653. The zero-order valence-corrected chi connectivity index (χ0v) is 10.6. The molecule has 0 bridgehead atoms. The zero-order chi connectivity index (χ0) is 15.1. The van der Waals surface area contributed by atoms with Crippen molar-refractivity contribution in [3.63, 3.8) is 0 Å². The highest BCUT2D eigenvalue weighted by Crippen LogP contribution is 2.28. The second-order valence-corrected chi connectivity index (χ2v) is 4.14. The van der Waals surface area contributed by atoms with E-state index in [0.29, 0.717) is 0 Å². The average Bonchev–Trinajstić information content (AvgIpc) is 2.64. The largest absolute Gasteiger partial charge is 0.478 e. The van der Waals surface area contributed by atoms with Crippen LogP contribution in [0.2, 0.25) is 0 Å². The monoisotopic (exact) mass is 285 g/mol. The molecule has 0 fully saturated rings. The van der Waals surface area contributed by atoms with E-state index in [-0.39, 0.29) is 22.8 Å². The predicted octanol–water partition coefficient (Wildman–Crippen LogP) is 2.60. The van der Waals surface area contributed by atoms with Crippen molar-refractivity contribution in [1.29, 1.82) is 0 Å². The third-order valence-corrected chi connectivity index (χ3v) is 2.75. The number of carboxylic acids is 1. The fourth-order valence-corrected chi connectivity index (χ4v) is 1.87. The molecule has 5 nitrogen and oxygen atoms in total. The van der Waals surface area contributed by atoms with Crippen LogP contribution in [-0.4, -0.2) is 25.8 Å². The fraction of sp³-hybridized carbons (Fsp3) is 0.250. The first-order valence-corrected chi connectivity index (χ1v) is 5.56. The first kappa shape index (κ1) is 14.0. The third kappa shape index (κ3) is 2.36. The van der Waals surface area contributed by atoms with Crippen LogP contribution in [0.3, 0.4) is 0 Å². The normalized spacial score (nSPS) is 11.7. The molecular formula is C12H10F3N3O2. The first-order valence-electron chi connectivity index (χ1n) is 5.56. The van der Waals surface area contributed by atoms with Crippen molar-refractivity contribution < 1.29 is 23.1 Å². The Bertz CT molecular complexity index is 677. The lowest BCUT2D eigenvalue weighted by Gasteiger charge is -2.08. The quantitative estimate of drug-likeness (QED) is 0.921. The molecule has 106 valence electrons. The van der Waals surface area contributed by atoms with Crippen LogP contribution in [0.25, 0.3) is 5.82 Å². The second kappa shape index (κ2) is 4.62. The van der Waals surface area contributed by atoms with Crippen LogP contribution in [0.4, 0.5) is 13.2 Å². The maximum Gasteiger partial charge on any atom is 0.433 e. The first-order chi connectivity index (χ1) is 9.21. The summed E-state index contributed by atoms with van der Waals surface area (Å²) in [6.07, 6.45) is -4.57. The van der Waals surface area contributed by atoms with Gasteiger partial charge in [-0.1, -0.05) is 6.07 Å². The summed E-state index contributed by atoms with van der Waals surface area (Å²) < 4.78 is 38.9. The Morgan fingerprint density at radius 2 is 1.95 bits per heavy atom. The van der Waals surface area contributed by atoms with Gasteiger partial charge in [-0.3, -0.25) is 0 Å². The molecule has 2 rings (SSSR count). The van der Waals surface area contributed by atoms with Gasteiger partial charge in [-0.05, 0) is 26.0 Å². The van der Waals surface area contributed by atoms with Crippen LogP contribution >= 0.6 is 0 Å². The van der Waals surface area contributed by atoms with E-state index < -0.39 is 17.8 Å². The van der Waals surface area contributed by atoms with Gasteiger partial charge in [0.25, 0.3) is 0 Å². The van der Waals surface area contributed by atoms with E-state index >= 15 is 0 Å². The van der Waals surface area contributed by atoms with E-state index in [0.717, 1.165) is 10.7 Å². The number of alkyl halides is 3. The lowest BCUT2D eigenvalue weighted by molar-refractivity contribution is -0.141. The summed E-state index contributed by atoms with van der Waals surface area (Å²) in [6, 6.07) is 3.37. The molecule has 0 saturated carbocycles. The van der Waals surface area contributed by atoms with E-state index in [4.69, 9.17) is 5.11 Å². The smallest absolute Gasteiger partial charge is 0.433 e. The van der Waals surface area contributed by atoms with Crippen molar-refractivity contribution >= 4 is 5.97 Å². The SMILES string of the molecule is Cc1nn(-c2cccc(C(F)(F)F)n2)c(C)c1C(=O)O. The standard InChI is InChI=1S/C12H10F3N3O2/c1-6-10(11(19)20)7(2)18(17-6)9-5-3-4-8(16-9)12(13,14)15/h3-5H,1-2H3,(H,19,20). The Hall–Kier alpha value is -2.38. The molecule has 2 aromatic rings. The van der Waals surface area contributed by atoms with E-state index in [9.17, 15) is 18.0 Å². The molecule has 0 aliphatic carbocycles. The number of aromatic nitrogens is 3. The Balaban J connectivity index is 2.58. The molecular weight excluding hydrogens is 275 g/mol. The van der Waals surface area contributed by atoms with Crippen LogP contribution in [0.15, 0.2) is 18.2 Å². The van der Waals surface area contributed by atoms with Crippen molar-refractivity contribution in [3.05, 3.63) is 40.8 Å². The van der Waals surface area contributed by atoms with Crippen LogP contribution in [0.1, 0.15) is 27.4 Å². The number of pyridine rings is 1. The van der Waals surface area contributed by atoms with Crippen molar-refractivity contribution in [2.75, 3.05) is 0 Å². The van der Waals surface area contributed by atoms with Gasteiger partial charge >= 0.3 is 12.1 Å². The third-order valence-electron chi connectivity index (χ3n) is 2.75. The van der Waals surface area contributed by atoms with E-state index in [1.165, 1.54) is 26.0 Å². The van der Waals surface area contributed by atoms with Gasteiger partial charge in [0.05, 0.1) is 11.4 Å². The highest BCUT2D eigenvalue weighted by molar-refractivity contribution is 5.90. The number of carboxylic acid groups (broad SMARTS) is 1. The second-order valence-electron chi connectivity index (χ2n) is 4.14. The number of carbonyl (C=O) groups is 1. The highest BCUT2D eigenvalue weighted by Gasteiger charge is 2.33. The van der Waals surface area contributed by atoms with Gasteiger partial charge in [0.15, 0.2) is 5.82 Å². The molecule has 0 amide bonds. The van der Waals surface area contributed by atoms with Crippen LogP contribution in [0, 0.1) is 13.8 Å². The van der Waals surface area contributed by atoms with Crippen molar-refractivity contribution in [2.45, 2.75) is 20.0 Å². The summed E-state index contributed by atoms with van der Waals surface area (Å²) in [6.45, 7) is 2.94. The number of hydrogen-bond donors (Lipinski definition) is 1. The lowest BCUT2D eigenvalue weighted by Crippen LogP contribution is -2.11. The van der Waals surface area contributed by atoms with Gasteiger partial charge in [-0.15, -0.1) is 0 Å². The van der Waals surface area contributed by atoms with Crippen molar-refractivity contribution in [1.82, 2.24) is 14.8 Å². The minimum atomic E-state index is -4.57. The average molecular weight is 285 g/mol. The van der Waals surface area contributed by atoms with Gasteiger partial charge in [0.1, 0.15) is 11.3 Å². The topological polar surface area (TPSA) is 68.0 Å². The summed E-state index contributed by atoms with van der Waals surface area (Å²) in [5, 5.41) is 13.0. The van der Waals surface area contributed by atoms with Crippen LogP contribution in [0.5, 0.6) is 0 Å². The molecule has 20 heavy (non-hydrogen) atoms. The summed E-state index contributed by atoms with van der Waals surface area (Å²) >= 11 is 0. The molecule has 2 aromatic heterocycles. The summed E-state index contributed by atoms with van der Waals surface area (Å²) in [5.74, 6) is -1.26. The van der Waals surface area contributed by atoms with Crippen LogP contribution in [-0.2, 0) is 6.18 Å². The maximum atomic E-state index is 12.6. The van der Waals surface area contributed by atoms with Gasteiger partial charge in [-0.25, -0.2) is 14.5 Å². The molecule has 0 aliphatic heterocycles. The van der Waals surface area contributed by atoms with Crippen molar-refractivity contribution in [3.8, 4) is 5.82 Å². The molecule has 0 saturated heterocycles. The van der Waals surface area contributed by atoms with Crippen LogP contribution < -0.4 is 0 Å². The molecule has 8 heteroatoms. The highest BCUT2D eigenvalue weighted by atomic mass is 19.4. The van der Waals surface area contributed by atoms with Gasteiger partial charge in [0, 0.05) is 0 Å². The Morgan fingerprint density at radius 3 is 2.45 bits per heavy atom. The number of hydrogen-bond acceptors (Lipinski definition) is 3. The van der Waals surface area contributed by atoms with Gasteiger partial charge in [0.2, 0.25) is 0 Å². The van der Waals surface area contributed by atoms with E-state index in [2.05, 4.69) is 10.1 Å². The Kier molecular flexibility index (Phi) is 3.24. The summed E-state index contributed by atoms with van der Waals surface area (Å²) in [4.78, 5) is 14.5. The molecule has 2 heterocycles. The molecule has 0 radical (unpaired) electrons. The summed E-state index contributed by atoms with van der Waals surface area (Å²) in [7, 11) is 0. The van der Waals surface area contributed by atoms with Crippen molar-refractivity contribution in [2.24, 2.45) is 0 Å². The zero-order valence-electron chi connectivity index (χ0n) is 10.6. The minimum Gasteiger partial charge on any atom is -0.478 e. The van der Waals surface area contributed by atoms with Gasteiger partial charge in [-0.2, -0.15) is 18.3 Å². The molecule has 0 unspecified atom stereocenters. The van der Waals surface area contributed by atoms with E-state index in [1.807, 2.05) is 0 Å². The lowest BCUT2D eigenvalue weighted by atomic mass is 10.2. The molecule has 0 spiro atoms. The number of halogens is 3.